The lowest BCUT2D eigenvalue weighted by Gasteiger charge is -2.14. The van der Waals surface area contributed by atoms with Gasteiger partial charge in [-0.1, -0.05) is 56.3 Å². The molecule has 0 saturated heterocycles. The Morgan fingerprint density at radius 3 is 2.75 bits per heavy atom. The number of hydrogen-bond acceptors (Lipinski definition) is 4. The summed E-state index contributed by atoms with van der Waals surface area (Å²) in [6.45, 7) is 6.01. The second kappa shape index (κ2) is 8.57. The van der Waals surface area contributed by atoms with E-state index >= 15 is 0 Å². The fourth-order valence-corrected chi connectivity index (χ4v) is 3.01. The van der Waals surface area contributed by atoms with Crippen LogP contribution in [-0.4, -0.2) is 23.8 Å². The van der Waals surface area contributed by atoms with Gasteiger partial charge in [0.25, 0.3) is 5.91 Å². The van der Waals surface area contributed by atoms with Gasteiger partial charge >= 0.3 is 0 Å². The van der Waals surface area contributed by atoms with E-state index in [1.807, 2.05) is 55.5 Å². The third-order valence-electron chi connectivity index (χ3n) is 4.48. The van der Waals surface area contributed by atoms with Crippen molar-refractivity contribution >= 4 is 22.9 Å². The predicted molar refractivity (Wildman–Crippen MR) is 112 cm³/mol. The molecule has 2 N–H and O–H groups in total. The molecule has 0 aromatic heterocycles. The summed E-state index contributed by atoms with van der Waals surface area (Å²) in [5, 5.41) is 15.9. The van der Waals surface area contributed by atoms with Gasteiger partial charge in [-0.05, 0) is 46.9 Å². The van der Waals surface area contributed by atoms with Crippen molar-refractivity contribution in [1.29, 1.82) is 0 Å². The molecule has 0 unspecified atom stereocenters. The lowest BCUT2D eigenvalue weighted by atomic mass is 10.0. The number of benzene rings is 3. The fraction of sp³-hybridized carbons (Fsp3) is 0.217. The van der Waals surface area contributed by atoms with Crippen molar-refractivity contribution in [2.45, 2.75) is 26.7 Å². The SMILES string of the molecule is Cc1ccc(C(C)C)c(OCC(=O)N/N=C/c2c(O)ccc3ccccc23)c1. The monoisotopic (exact) mass is 376 g/mol. The van der Waals surface area contributed by atoms with Crippen LogP contribution in [0, 0.1) is 6.92 Å². The smallest absolute Gasteiger partial charge is 0.277 e. The Morgan fingerprint density at radius 2 is 1.96 bits per heavy atom. The summed E-state index contributed by atoms with van der Waals surface area (Å²) in [7, 11) is 0. The average molecular weight is 376 g/mol. The van der Waals surface area contributed by atoms with Crippen LogP contribution in [0.4, 0.5) is 0 Å². The van der Waals surface area contributed by atoms with Crippen molar-refractivity contribution < 1.29 is 14.6 Å². The second-order valence-electron chi connectivity index (χ2n) is 7.00. The highest BCUT2D eigenvalue weighted by Gasteiger charge is 2.10. The largest absolute Gasteiger partial charge is 0.507 e. The number of amides is 1. The highest BCUT2D eigenvalue weighted by Crippen LogP contribution is 2.27. The minimum absolute atomic E-state index is 0.106. The van der Waals surface area contributed by atoms with Gasteiger partial charge in [-0.3, -0.25) is 4.79 Å². The molecule has 0 atom stereocenters. The van der Waals surface area contributed by atoms with Gasteiger partial charge in [0, 0.05) is 5.56 Å². The highest BCUT2D eigenvalue weighted by atomic mass is 16.5. The first-order chi connectivity index (χ1) is 13.5. The zero-order valence-electron chi connectivity index (χ0n) is 16.3. The van der Waals surface area contributed by atoms with Gasteiger partial charge in [0.05, 0.1) is 6.21 Å². The van der Waals surface area contributed by atoms with Crippen molar-refractivity contribution in [3.05, 3.63) is 71.3 Å². The number of hydrazone groups is 1. The number of nitrogens with one attached hydrogen (secondary N) is 1. The first kappa shape index (κ1) is 19.4. The Kier molecular flexibility index (Phi) is 5.94. The minimum atomic E-state index is -0.368. The number of nitrogens with zero attached hydrogens (tertiary/aromatic N) is 1. The first-order valence-corrected chi connectivity index (χ1v) is 9.21. The number of fused-ring (bicyclic) bond motifs is 1. The lowest BCUT2D eigenvalue weighted by molar-refractivity contribution is -0.123. The summed E-state index contributed by atoms with van der Waals surface area (Å²) in [5.74, 6) is 0.744. The Hall–Kier alpha value is -3.34. The lowest BCUT2D eigenvalue weighted by Crippen LogP contribution is -2.25. The van der Waals surface area contributed by atoms with E-state index in [4.69, 9.17) is 4.74 Å². The minimum Gasteiger partial charge on any atom is -0.507 e. The van der Waals surface area contributed by atoms with Crippen molar-refractivity contribution in [2.75, 3.05) is 6.61 Å². The van der Waals surface area contributed by atoms with Crippen LogP contribution >= 0.6 is 0 Å². The molecule has 0 spiro atoms. The van der Waals surface area contributed by atoms with Crippen molar-refractivity contribution in [3.8, 4) is 11.5 Å². The van der Waals surface area contributed by atoms with Crippen LogP contribution in [0.5, 0.6) is 11.5 Å². The summed E-state index contributed by atoms with van der Waals surface area (Å²) in [4.78, 5) is 12.1. The van der Waals surface area contributed by atoms with Crippen LogP contribution < -0.4 is 10.2 Å². The molecule has 1 amide bonds. The summed E-state index contributed by atoms with van der Waals surface area (Å²) in [5.41, 5.74) is 5.14. The van der Waals surface area contributed by atoms with Crippen LogP contribution in [0.3, 0.4) is 0 Å². The van der Waals surface area contributed by atoms with Gasteiger partial charge in [0.1, 0.15) is 11.5 Å². The van der Waals surface area contributed by atoms with Crippen LogP contribution in [0.15, 0.2) is 59.7 Å². The number of rotatable bonds is 6. The van der Waals surface area contributed by atoms with E-state index in [2.05, 4.69) is 24.4 Å². The van der Waals surface area contributed by atoms with E-state index < -0.39 is 0 Å². The average Bonchev–Trinajstić information content (AvgIpc) is 2.68. The molecule has 0 fully saturated rings. The Morgan fingerprint density at radius 1 is 1.18 bits per heavy atom. The van der Waals surface area contributed by atoms with E-state index in [0.717, 1.165) is 21.9 Å². The molecule has 0 aliphatic rings. The maximum atomic E-state index is 12.1. The third kappa shape index (κ3) is 4.49. The van der Waals surface area contributed by atoms with E-state index in [9.17, 15) is 9.90 Å². The zero-order valence-corrected chi connectivity index (χ0v) is 16.3. The summed E-state index contributed by atoms with van der Waals surface area (Å²) >= 11 is 0. The van der Waals surface area contributed by atoms with Gasteiger partial charge in [-0.25, -0.2) is 5.43 Å². The highest BCUT2D eigenvalue weighted by molar-refractivity contribution is 6.02. The van der Waals surface area contributed by atoms with Crippen molar-refractivity contribution in [3.63, 3.8) is 0 Å². The molecule has 0 aliphatic carbocycles. The van der Waals surface area contributed by atoms with Crippen molar-refractivity contribution in [1.82, 2.24) is 5.43 Å². The van der Waals surface area contributed by atoms with Crippen LogP contribution in [0.25, 0.3) is 10.8 Å². The standard InChI is InChI=1S/C23H24N2O3/c1-15(2)18-10-8-16(3)12-22(18)28-14-23(27)25-24-13-20-19-7-5-4-6-17(19)9-11-21(20)26/h4-13,15,26H,14H2,1-3H3,(H,25,27)/b24-13+. The molecule has 0 saturated carbocycles. The van der Waals surface area contributed by atoms with E-state index in [0.29, 0.717) is 17.2 Å². The number of ether oxygens (including phenoxy) is 1. The van der Waals surface area contributed by atoms with Gasteiger partial charge in [-0.2, -0.15) is 5.10 Å². The molecule has 3 aromatic carbocycles. The van der Waals surface area contributed by atoms with Gasteiger partial charge in [0.15, 0.2) is 6.61 Å². The van der Waals surface area contributed by atoms with Gasteiger partial charge < -0.3 is 9.84 Å². The molecule has 3 aromatic rings. The molecule has 5 nitrogen and oxygen atoms in total. The zero-order chi connectivity index (χ0) is 20.1. The maximum absolute atomic E-state index is 12.1. The number of aromatic hydroxyl groups is 1. The topological polar surface area (TPSA) is 70.9 Å². The van der Waals surface area contributed by atoms with Crippen molar-refractivity contribution in [2.24, 2.45) is 5.10 Å². The number of aryl methyl sites for hydroxylation is 1. The molecule has 3 rings (SSSR count). The van der Waals surface area contributed by atoms with Crippen LogP contribution in [0.1, 0.15) is 36.5 Å². The molecule has 144 valence electrons. The molecular weight excluding hydrogens is 352 g/mol. The number of phenolic OH excluding ortho intramolecular Hbond substituents is 1. The quantitative estimate of drug-likeness (QED) is 0.491. The van der Waals surface area contributed by atoms with Gasteiger partial charge in [-0.15, -0.1) is 0 Å². The molecular formula is C23H24N2O3. The molecule has 5 heteroatoms. The second-order valence-corrected chi connectivity index (χ2v) is 7.00. The maximum Gasteiger partial charge on any atom is 0.277 e. The number of carbonyl (C=O) groups is 1. The fourth-order valence-electron chi connectivity index (χ4n) is 3.01. The van der Waals surface area contributed by atoms with Crippen LogP contribution in [0.2, 0.25) is 0 Å². The summed E-state index contributed by atoms with van der Waals surface area (Å²) in [6, 6.07) is 17.1. The third-order valence-corrected chi connectivity index (χ3v) is 4.48. The molecule has 0 bridgehead atoms. The van der Waals surface area contributed by atoms with E-state index in [1.54, 1.807) is 6.07 Å². The molecule has 0 radical (unpaired) electrons. The number of hydrogen-bond donors (Lipinski definition) is 2. The Labute approximate surface area is 164 Å². The first-order valence-electron chi connectivity index (χ1n) is 9.21. The Bertz CT molecular complexity index is 1030. The number of phenols is 1. The normalized spacial score (nSPS) is 11.3. The van der Waals surface area contributed by atoms with E-state index in [-0.39, 0.29) is 18.3 Å². The summed E-state index contributed by atoms with van der Waals surface area (Å²) < 4.78 is 5.70. The molecule has 0 aliphatic heterocycles. The predicted octanol–water partition coefficient (Wildman–Crippen LogP) is 4.51. The van der Waals surface area contributed by atoms with Gasteiger partial charge in [0.2, 0.25) is 0 Å². The van der Waals surface area contributed by atoms with Crippen LogP contribution in [-0.2, 0) is 4.79 Å². The Balaban J connectivity index is 1.66. The molecule has 28 heavy (non-hydrogen) atoms. The number of carbonyl (C=O) groups excluding carboxylic acids is 1. The molecule has 0 heterocycles. The van der Waals surface area contributed by atoms with E-state index in [1.165, 1.54) is 6.21 Å². The summed E-state index contributed by atoms with van der Waals surface area (Å²) in [6.07, 6.45) is 1.45.